The van der Waals surface area contributed by atoms with Gasteiger partial charge < -0.3 is 20.5 Å². The Hall–Kier alpha value is -1.30. The second-order valence-electron chi connectivity index (χ2n) is 6.86. The molecule has 0 aromatic carbocycles. The number of carbonyl (C=O) groups is 2. The lowest BCUT2D eigenvalue weighted by atomic mass is 9.84. The summed E-state index contributed by atoms with van der Waals surface area (Å²) in [5.41, 5.74) is -0.0823. The van der Waals surface area contributed by atoms with Gasteiger partial charge in [0, 0.05) is 19.7 Å². The van der Waals surface area contributed by atoms with Gasteiger partial charge in [-0.2, -0.15) is 0 Å². The highest BCUT2D eigenvalue weighted by Crippen LogP contribution is 2.24. The maximum absolute atomic E-state index is 11.7. The van der Waals surface area contributed by atoms with Gasteiger partial charge >= 0.3 is 12.0 Å². The first-order valence-corrected chi connectivity index (χ1v) is 7.64. The van der Waals surface area contributed by atoms with Crippen LogP contribution in [0.5, 0.6) is 0 Å². The first kappa shape index (κ1) is 17.8. The van der Waals surface area contributed by atoms with Crippen molar-refractivity contribution in [3.05, 3.63) is 0 Å². The molecule has 0 saturated carbocycles. The summed E-state index contributed by atoms with van der Waals surface area (Å²) in [4.78, 5) is 22.8. The van der Waals surface area contributed by atoms with Crippen molar-refractivity contribution >= 4 is 12.0 Å². The number of carbonyl (C=O) groups excluding carboxylic acids is 1. The van der Waals surface area contributed by atoms with E-state index in [4.69, 9.17) is 4.74 Å². The number of rotatable bonds is 7. The highest BCUT2D eigenvalue weighted by atomic mass is 16.5. The normalized spacial score (nSPS) is 20.0. The van der Waals surface area contributed by atoms with Crippen LogP contribution in [0.1, 0.15) is 46.5 Å². The van der Waals surface area contributed by atoms with Gasteiger partial charge in [-0.25, -0.2) is 4.79 Å². The number of carboxylic acids is 1. The van der Waals surface area contributed by atoms with Crippen LogP contribution in [-0.2, 0) is 9.53 Å². The molecule has 3 N–H and O–H groups in total. The van der Waals surface area contributed by atoms with E-state index in [2.05, 4.69) is 10.6 Å². The van der Waals surface area contributed by atoms with Crippen LogP contribution in [0.25, 0.3) is 0 Å². The molecule has 0 spiro atoms. The summed E-state index contributed by atoms with van der Waals surface area (Å²) in [6, 6.07) is -0.312. The van der Waals surface area contributed by atoms with Crippen LogP contribution in [0, 0.1) is 11.3 Å². The molecule has 0 bridgehead atoms. The molecule has 2 amide bonds. The standard InChI is InChI=1S/C15H28N2O4/c1-15(2,3)9-11(13(18)19)10-17-14(20)16-7-6-12-5-4-8-21-12/h11-12H,4-10H2,1-3H3,(H,18,19)(H2,16,17,20). The van der Waals surface area contributed by atoms with E-state index in [0.29, 0.717) is 13.0 Å². The van der Waals surface area contributed by atoms with Gasteiger partial charge in [0.25, 0.3) is 0 Å². The van der Waals surface area contributed by atoms with Gasteiger partial charge in [-0.15, -0.1) is 0 Å². The number of aliphatic carboxylic acids is 1. The minimum Gasteiger partial charge on any atom is -0.481 e. The molecule has 0 aliphatic carbocycles. The van der Waals surface area contributed by atoms with Crippen LogP contribution < -0.4 is 10.6 Å². The first-order chi connectivity index (χ1) is 9.78. The summed E-state index contributed by atoms with van der Waals surface area (Å²) in [6.07, 6.45) is 3.72. The van der Waals surface area contributed by atoms with Crippen LogP contribution in [0.2, 0.25) is 0 Å². The van der Waals surface area contributed by atoms with Gasteiger partial charge in [-0.1, -0.05) is 20.8 Å². The number of nitrogens with one attached hydrogen (secondary N) is 2. The lowest BCUT2D eigenvalue weighted by molar-refractivity contribution is -0.142. The monoisotopic (exact) mass is 300 g/mol. The summed E-state index contributed by atoms with van der Waals surface area (Å²) in [7, 11) is 0. The molecule has 2 unspecified atom stereocenters. The fraction of sp³-hybridized carbons (Fsp3) is 0.867. The summed E-state index contributed by atoms with van der Waals surface area (Å²) in [5, 5.41) is 14.6. The minimum atomic E-state index is -0.871. The fourth-order valence-corrected chi connectivity index (χ4v) is 2.48. The number of ether oxygens (including phenoxy) is 1. The molecule has 1 rings (SSSR count). The summed E-state index contributed by atoms with van der Waals surface area (Å²) in [5.74, 6) is -1.43. The Kier molecular flexibility index (Phi) is 6.95. The zero-order valence-electron chi connectivity index (χ0n) is 13.3. The molecule has 1 heterocycles. The van der Waals surface area contributed by atoms with E-state index in [1.807, 2.05) is 20.8 Å². The van der Waals surface area contributed by atoms with Crippen molar-refractivity contribution < 1.29 is 19.4 Å². The predicted molar refractivity (Wildman–Crippen MR) is 80.2 cm³/mol. The quantitative estimate of drug-likeness (QED) is 0.671. The number of urea groups is 1. The van der Waals surface area contributed by atoms with Gasteiger partial charge in [-0.3, -0.25) is 4.79 Å². The van der Waals surface area contributed by atoms with E-state index >= 15 is 0 Å². The van der Waals surface area contributed by atoms with E-state index in [-0.39, 0.29) is 24.1 Å². The molecular weight excluding hydrogens is 272 g/mol. The average Bonchev–Trinajstić information content (AvgIpc) is 2.86. The molecule has 1 aliphatic heterocycles. The zero-order valence-corrected chi connectivity index (χ0v) is 13.3. The molecule has 1 fully saturated rings. The van der Waals surface area contributed by atoms with E-state index in [9.17, 15) is 14.7 Å². The largest absolute Gasteiger partial charge is 0.481 e. The molecule has 1 aliphatic rings. The van der Waals surface area contributed by atoms with Crippen LogP contribution in [0.15, 0.2) is 0 Å². The molecule has 6 nitrogen and oxygen atoms in total. The third-order valence-corrected chi connectivity index (χ3v) is 3.49. The van der Waals surface area contributed by atoms with Gasteiger partial charge in [0.15, 0.2) is 0 Å². The van der Waals surface area contributed by atoms with E-state index < -0.39 is 11.9 Å². The second kappa shape index (κ2) is 8.22. The molecular formula is C15H28N2O4. The van der Waals surface area contributed by atoms with Gasteiger partial charge in [0.2, 0.25) is 0 Å². The lowest BCUT2D eigenvalue weighted by Crippen LogP contribution is -2.41. The molecule has 1 saturated heterocycles. The maximum atomic E-state index is 11.7. The molecule has 0 aromatic rings. The fourth-order valence-electron chi connectivity index (χ4n) is 2.48. The Labute approximate surface area is 126 Å². The van der Waals surface area contributed by atoms with Crippen molar-refractivity contribution in [2.45, 2.75) is 52.6 Å². The summed E-state index contributed by atoms with van der Waals surface area (Å²) < 4.78 is 5.47. The summed E-state index contributed by atoms with van der Waals surface area (Å²) >= 11 is 0. The molecule has 6 heteroatoms. The average molecular weight is 300 g/mol. The topological polar surface area (TPSA) is 87.7 Å². The molecule has 2 atom stereocenters. The maximum Gasteiger partial charge on any atom is 0.314 e. The Bertz CT molecular complexity index is 346. The van der Waals surface area contributed by atoms with Crippen molar-refractivity contribution in [1.29, 1.82) is 0 Å². The third-order valence-electron chi connectivity index (χ3n) is 3.49. The molecule has 21 heavy (non-hydrogen) atoms. The summed E-state index contributed by atoms with van der Waals surface area (Å²) in [6.45, 7) is 7.48. The second-order valence-corrected chi connectivity index (χ2v) is 6.86. The van der Waals surface area contributed by atoms with Crippen molar-refractivity contribution in [2.75, 3.05) is 19.7 Å². The van der Waals surface area contributed by atoms with Crippen LogP contribution in [0.3, 0.4) is 0 Å². The van der Waals surface area contributed by atoms with Crippen molar-refractivity contribution in [3.8, 4) is 0 Å². The van der Waals surface area contributed by atoms with Gasteiger partial charge in [0.05, 0.1) is 12.0 Å². The number of hydrogen-bond acceptors (Lipinski definition) is 3. The van der Waals surface area contributed by atoms with E-state index in [1.54, 1.807) is 0 Å². The third kappa shape index (κ3) is 7.90. The van der Waals surface area contributed by atoms with E-state index in [1.165, 1.54) is 0 Å². The highest BCUT2D eigenvalue weighted by Gasteiger charge is 2.25. The number of amides is 2. The van der Waals surface area contributed by atoms with Crippen molar-refractivity contribution in [3.63, 3.8) is 0 Å². The predicted octanol–water partition coefficient (Wildman–Crippen LogP) is 1.99. The smallest absolute Gasteiger partial charge is 0.314 e. The van der Waals surface area contributed by atoms with Crippen molar-refractivity contribution in [2.24, 2.45) is 11.3 Å². The molecule has 0 aromatic heterocycles. The first-order valence-electron chi connectivity index (χ1n) is 7.64. The van der Waals surface area contributed by atoms with E-state index in [0.717, 1.165) is 25.9 Å². The Morgan fingerprint density at radius 1 is 1.33 bits per heavy atom. The number of carboxylic acid groups (broad SMARTS) is 1. The molecule has 0 radical (unpaired) electrons. The lowest BCUT2D eigenvalue weighted by Gasteiger charge is -2.23. The van der Waals surface area contributed by atoms with Crippen LogP contribution in [-0.4, -0.2) is 42.9 Å². The van der Waals surface area contributed by atoms with Gasteiger partial charge in [-0.05, 0) is 31.1 Å². The zero-order chi connectivity index (χ0) is 15.9. The Morgan fingerprint density at radius 3 is 2.57 bits per heavy atom. The minimum absolute atomic E-state index is 0.0823. The molecule has 122 valence electrons. The number of hydrogen-bond donors (Lipinski definition) is 3. The Morgan fingerprint density at radius 2 is 2.05 bits per heavy atom. The Balaban J connectivity index is 2.21. The van der Waals surface area contributed by atoms with Crippen LogP contribution in [0.4, 0.5) is 4.79 Å². The van der Waals surface area contributed by atoms with Crippen LogP contribution >= 0.6 is 0 Å². The van der Waals surface area contributed by atoms with Gasteiger partial charge in [0.1, 0.15) is 0 Å². The highest BCUT2D eigenvalue weighted by molar-refractivity contribution is 5.75. The SMILES string of the molecule is CC(C)(C)CC(CNC(=O)NCCC1CCCO1)C(=O)O. The van der Waals surface area contributed by atoms with Crippen molar-refractivity contribution in [1.82, 2.24) is 10.6 Å².